The molecular formula is C20H32O2. The number of allylic oxidation sites excluding steroid dienone is 2. The van der Waals surface area contributed by atoms with Crippen molar-refractivity contribution in [3.63, 3.8) is 0 Å². The predicted molar refractivity (Wildman–Crippen MR) is 88.5 cm³/mol. The molecule has 6 atom stereocenters. The molecule has 4 rings (SSSR count). The second kappa shape index (κ2) is 6.28. The fourth-order valence-corrected chi connectivity index (χ4v) is 6.54. The highest BCUT2D eigenvalue weighted by Crippen LogP contribution is 2.57. The maximum Gasteiger partial charge on any atom is 0.146 e. The van der Waals surface area contributed by atoms with E-state index >= 15 is 0 Å². The first-order valence-electron chi connectivity index (χ1n) is 9.57. The van der Waals surface area contributed by atoms with Gasteiger partial charge in [0.2, 0.25) is 0 Å². The van der Waals surface area contributed by atoms with Crippen LogP contribution < -0.4 is 0 Å². The van der Waals surface area contributed by atoms with Gasteiger partial charge in [-0.15, -0.1) is 0 Å². The molecule has 4 aliphatic carbocycles. The number of fused-ring (bicyclic) bond motifs is 5. The van der Waals surface area contributed by atoms with E-state index in [0.29, 0.717) is 12.9 Å². The van der Waals surface area contributed by atoms with E-state index in [4.69, 9.17) is 9.47 Å². The lowest BCUT2D eigenvalue weighted by Gasteiger charge is -2.52. The molecule has 0 spiro atoms. The van der Waals surface area contributed by atoms with Gasteiger partial charge in [-0.1, -0.05) is 11.1 Å². The molecule has 0 heterocycles. The number of rotatable bonds is 3. The van der Waals surface area contributed by atoms with E-state index in [1.807, 2.05) is 5.57 Å². The molecule has 0 N–H and O–H groups in total. The average Bonchev–Trinajstić information content (AvgIpc) is 2.94. The van der Waals surface area contributed by atoms with Crippen molar-refractivity contribution in [3.8, 4) is 0 Å². The van der Waals surface area contributed by atoms with Gasteiger partial charge in [0.05, 0.1) is 6.10 Å². The lowest BCUT2D eigenvalue weighted by Crippen LogP contribution is -2.44. The lowest BCUT2D eigenvalue weighted by molar-refractivity contribution is -0.109. The van der Waals surface area contributed by atoms with Crippen LogP contribution in [0.2, 0.25) is 0 Å². The van der Waals surface area contributed by atoms with Gasteiger partial charge in [0.15, 0.2) is 0 Å². The molecule has 22 heavy (non-hydrogen) atoms. The first-order valence-corrected chi connectivity index (χ1v) is 9.57. The smallest absolute Gasteiger partial charge is 0.146 e. The molecule has 0 amide bonds. The van der Waals surface area contributed by atoms with Crippen LogP contribution in [0.15, 0.2) is 11.1 Å². The minimum atomic E-state index is 0.463. The van der Waals surface area contributed by atoms with Crippen molar-refractivity contribution < 1.29 is 9.47 Å². The second-order valence-electron chi connectivity index (χ2n) is 8.33. The highest BCUT2D eigenvalue weighted by molar-refractivity contribution is 5.25. The standard InChI is InChI=1S/C20H32O2/c1-13-3-6-18-16(13)9-10-19-17-8-5-15(22-12-21-2)11-14(17)4-7-20(18)19/h14-15,17-20H,3-12H2,1-2H3/t14-,15-,17+,18-,19-,20+/m1/s1. The monoisotopic (exact) mass is 304 g/mol. The van der Waals surface area contributed by atoms with Crippen molar-refractivity contribution in [3.05, 3.63) is 11.1 Å². The molecule has 2 nitrogen and oxygen atoms in total. The molecule has 0 aromatic carbocycles. The van der Waals surface area contributed by atoms with Crippen molar-refractivity contribution in [2.45, 2.75) is 70.8 Å². The Balaban J connectivity index is 1.43. The van der Waals surface area contributed by atoms with Crippen LogP contribution in [0.1, 0.15) is 64.7 Å². The zero-order valence-electron chi connectivity index (χ0n) is 14.4. The van der Waals surface area contributed by atoms with E-state index in [1.165, 1.54) is 57.8 Å². The van der Waals surface area contributed by atoms with Crippen LogP contribution >= 0.6 is 0 Å². The summed E-state index contributed by atoms with van der Waals surface area (Å²) in [5.74, 6) is 4.97. The van der Waals surface area contributed by atoms with Crippen molar-refractivity contribution in [1.29, 1.82) is 0 Å². The molecule has 0 aromatic rings. The molecule has 3 fully saturated rings. The SMILES string of the molecule is COCO[C@@H]1CC[C@H]2[C@H](CC[C@@H]3[C@@H]2CCC2=C(C)CC[C@H]23)C1. The molecule has 0 aliphatic heterocycles. The van der Waals surface area contributed by atoms with Gasteiger partial charge in [-0.25, -0.2) is 0 Å². The van der Waals surface area contributed by atoms with Gasteiger partial charge in [0, 0.05) is 7.11 Å². The Bertz CT molecular complexity index is 441. The fourth-order valence-electron chi connectivity index (χ4n) is 6.54. The van der Waals surface area contributed by atoms with E-state index in [1.54, 1.807) is 12.7 Å². The van der Waals surface area contributed by atoms with Crippen molar-refractivity contribution in [2.24, 2.45) is 29.6 Å². The van der Waals surface area contributed by atoms with Gasteiger partial charge in [-0.05, 0) is 94.3 Å². The number of methoxy groups -OCH3 is 1. The molecule has 0 unspecified atom stereocenters. The number of hydrogen-bond acceptors (Lipinski definition) is 2. The van der Waals surface area contributed by atoms with Gasteiger partial charge in [0.25, 0.3) is 0 Å². The topological polar surface area (TPSA) is 18.5 Å². The third kappa shape index (κ3) is 2.57. The quantitative estimate of drug-likeness (QED) is 0.543. The molecule has 124 valence electrons. The van der Waals surface area contributed by atoms with Crippen molar-refractivity contribution in [1.82, 2.24) is 0 Å². The van der Waals surface area contributed by atoms with Gasteiger partial charge in [-0.2, -0.15) is 0 Å². The Morgan fingerprint density at radius 1 is 0.909 bits per heavy atom. The van der Waals surface area contributed by atoms with E-state index in [-0.39, 0.29) is 0 Å². The second-order valence-corrected chi connectivity index (χ2v) is 8.33. The van der Waals surface area contributed by atoms with Crippen LogP contribution in [0.5, 0.6) is 0 Å². The molecule has 0 radical (unpaired) electrons. The minimum absolute atomic E-state index is 0.463. The summed E-state index contributed by atoms with van der Waals surface area (Å²) in [6, 6.07) is 0. The summed E-state index contributed by atoms with van der Waals surface area (Å²) in [6.45, 7) is 2.88. The van der Waals surface area contributed by atoms with Crippen molar-refractivity contribution in [2.75, 3.05) is 13.9 Å². The average molecular weight is 304 g/mol. The van der Waals surface area contributed by atoms with Crippen LogP contribution in [0, 0.1) is 29.6 Å². The predicted octanol–water partition coefficient (Wildman–Crippen LogP) is 4.94. The first-order chi connectivity index (χ1) is 10.8. The van der Waals surface area contributed by atoms with Gasteiger partial charge >= 0.3 is 0 Å². The van der Waals surface area contributed by atoms with Gasteiger partial charge in [-0.3, -0.25) is 0 Å². The molecular weight excluding hydrogens is 272 g/mol. The van der Waals surface area contributed by atoms with Crippen LogP contribution in [0.25, 0.3) is 0 Å². The Morgan fingerprint density at radius 3 is 2.64 bits per heavy atom. The zero-order valence-corrected chi connectivity index (χ0v) is 14.4. The third-order valence-corrected chi connectivity index (χ3v) is 7.48. The van der Waals surface area contributed by atoms with Gasteiger partial charge < -0.3 is 9.47 Å². The first kappa shape index (κ1) is 15.2. The summed E-state index contributed by atoms with van der Waals surface area (Å²) in [6.07, 6.45) is 13.2. The van der Waals surface area contributed by atoms with Gasteiger partial charge in [0.1, 0.15) is 6.79 Å². The highest BCUT2D eigenvalue weighted by Gasteiger charge is 2.48. The van der Waals surface area contributed by atoms with Crippen molar-refractivity contribution >= 4 is 0 Å². The van der Waals surface area contributed by atoms with E-state index in [2.05, 4.69) is 6.92 Å². The summed E-state index contributed by atoms with van der Waals surface area (Å²) in [5.41, 5.74) is 3.64. The Kier molecular flexibility index (Phi) is 4.34. The summed E-state index contributed by atoms with van der Waals surface area (Å²) in [4.78, 5) is 0. The highest BCUT2D eigenvalue weighted by atomic mass is 16.7. The van der Waals surface area contributed by atoms with Crippen LogP contribution in [0.3, 0.4) is 0 Å². The minimum Gasteiger partial charge on any atom is -0.359 e. The summed E-state index contributed by atoms with van der Waals surface area (Å²) in [7, 11) is 1.73. The normalized spacial score (nSPS) is 44.5. The molecule has 3 saturated carbocycles. The molecule has 0 bridgehead atoms. The van der Waals surface area contributed by atoms with E-state index in [0.717, 1.165) is 29.6 Å². The summed E-state index contributed by atoms with van der Waals surface area (Å²) in [5, 5.41) is 0. The fraction of sp³-hybridized carbons (Fsp3) is 0.900. The van der Waals surface area contributed by atoms with Crippen LogP contribution in [-0.2, 0) is 9.47 Å². The Labute approximate surface area is 135 Å². The Hall–Kier alpha value is -0.340. The van der Waals surface area contributed by atoms with E-state index < -0.39 is 0 Å². The van der Waals surface area contributed by atoms with Crippen LogP contribution in [-0.4, -0.2) is 20.0 Å². The summed E-state index contributed by atoms with van der Waals surface area (Å²) >= 11 is 0. The molecule has 2 heteroatoms. The maximum absolute atomic E-state index is 5.87. The number of hydrogen-bond donors (Lipinski definition) is 0. The van der Waals surface area contributed by atoms with E-state index in [9.17, 15) is 0 Å². The molecule has 0 saturated heterocycles. The maximum atomic E-state index is 5.87. The third-order valence-electron chi connectivity index (χ3n) is 7.48. The van der Waals surface area contributed by atoms with Crippen LogP contribution in [0.4, 0.5) is 0 Å². The molecule has 0 aromatic heterocycles. The lowest BCUT2D eigenvalue weighted by atomic mass is 9.54. The Morgan fingerprint density at radius 2 is 1.77 bits per heavy atom. The molecule has 4 aliphatic rings. The number of ether oxygens (including phenoxy) is 2. The zero-order chi connectivity index (χ0) is 15.1. The summed E-state index contributed by atoms with van der Waals surface area (Å²) < 4.78 is 11.0. The largest absolute Gasteiger partial charge is 0.359 e.